The minimum atomic E-state index is 0.150. The lowest BCUT2D eigenvalue weighted by molar-refractivity contribution is 0.0793. The summed E-state index contributed by atoms with van der Waals surface area (Å²) in [5.74, 6) is 2.13. The number of carbonyl (C=O) groups is 1. The third kappa shape index (κ3) is 5.22. The number of hydrogen-bond acceptors (Lipinski definition) is 4. The van der Waals surface area contributed by atoms with Gasteiger partial charge in [-0.15, -0.1) is 0 Å². The van der Waals surface area contributed by atoms with E-state index in [0.717, 1.165) is 76.3 Å². The average molecular weight is 373 g/mol. The van der Waals surface area contributed by atoms with Gasteiger partial charge in [-0.2, -0.15) is 0 Å². The maximum Gasteiger partial charge on any atom is 0.257 e. The summed E-state index contributed by atoms with van der Waals surface area (Å²) in [7, 11) is 0. The fraction of sp³-hybridized carbons (Fsp3) is 0.727. The third-order valence-corrected chi connectivity index (χ3v) is 5.48. The van der Waals surface area contributed by atoms with Gasteiger partial charge in [0.15, 0.2) is 0 Å². The van der Waals surface area contributed by atoms with E-state index in [9.17, 15) is 4.79 Å². The van der Waals surface area contributed by atoms with Crippen LogP contribution in [0.2, 0.25) is 0 Å². The van der Waals surface area contributed by atoms with E-state index in [1.807, 2.05) is 4.90 Å². The predicted molar refractivity (Wildman–Crippen MR) is 111 cm³/mol. The number of aromatic nitrogens is 1. The van der Waals surface area contributed by atoms with Crippen LogP contribution in [-0.2, 0) is 12.8 Å². The summed E-state index contributed by atoms with van der Waals surface area (Å²) in [6, 6.07) is 2.14. The van der Waals surface area contributed by atoms with Crippen molar-refractivity contribution in [2.75, 3.05) is 44.6 Å². The normalized spacial score (nSPS) is 18.1. The van der Waals surface area contributed by atoms with Crippen molar-refractivity contribution in [1.82, 2.24) is 14.8 Å². The standard InChI is InChI=1S/C22H36N4O/c1-16(2)14-23-21-19(22(27)26-9-5-6-10-26)13-18-7-11-25(15-17(3)4)12-8-20(18)24-21/h13,16-17H,5-12,14-15H2,1-4H3,(H,23,24). The van der Waals surface area contributed by atoms with Gasteiger partial charge >= 0.3 is 0 Å². The molecule has 5 heteroatoms. The molecule has 2 aliphatic heterocycles. The van der Waals surface area contributed by atoms with Gasteiger partial charge in [-0.1, -0.05) is 27.7 Å². The summed E-state index contributed by atoms with van der Waals surface area (Å²) in [6.45, 7) is 14.8. The summed E-state index contributed by atoms with van der Waals surface area (Å²) >= 11 is 0. The van der Waals surface area contributed by atoms with E-state index in [0.29, 0.717) is 11.8 Å². The minimum Gasteiger partial charge on any atom is -0.369 e. The lowest BCUT2D eigenvalue weighted by Crippen LogP contribution is -2.30. The van der Waals surface area contributed by atoms with Crippen molar-refractivity contribution < 1.29 is 4.79 Å². The Hall–Kier alpha value is -1.62. The number of amides is 1. The van der Waals surface area contributed by atoms with E-state index in [-0.39, 0.29) is 5.91 Å². The Morgan fingerprint density at radius 2 is 1.78 bits per heavy atom. The number of rotatable bonds is 6. The number of pyridine rings is 1. The topological polar surface area (TPSA) is 48.5 Å². The van der Waals surface area contributed by atoms with Crippen molar-refractivity contribution >= 4 is 11.7 Å². The maximum atomic E-state index is 13.1. The van der Waals surface area contributed by atoms with E-state index in [1.54, 1.807) is 0 Å². The Balaban J connectivity index is 1.86. The van der Waals surface area contributed by atoms with Gasteiger partial charge in [0.05, 0.1) is 5.56 Å². The molecule has 0 aromatic carbocycles. The molecule has 0 saturated carbocycles. The Bertz CT molecular complexity index is 650. The van der Waals surface area contributed by atoms with E-state index >= 15 is 0 Å². The molecule has 1 aromatic heterocycles. The van der Waals surface area contributed by atoms with Gasteiger partial charge in [-0.3, -0.25) is 4.79 Å². The van der Waals surface area contributed by atoms with Crippen molar-refractivity contribution in [3.63, 3.8) is 0 Å². The van der Waals surface area contributed by atoms with Crippen LogP contribution in [0.5, 0.6) is 0 Å². The smallest absolute Gasteiger partial charge is 0.257 e. The number of hydrogen-bond donors (Lipinski definition) is 1. The zero-order valence-corrected chi connectivity index (χ0v) is 17.6. The van der Waals surface area contributed by atoms with E-state index in [4.69, 9.17) is 4.98 Å². The van der Waals surface area contributed by atoms with Crippen molar-refractivity contribution in [2.24, 2.45) is 11.8 Å². The molecular weight excluding hydrogens is 336 g/mol. The second kappa shape index (κ2) is 9.05. The molecule has 1 aromatic rings. The Morgan fingerprint density at radius 1 is 1.07 bits per heavy atom. The van der Waals surface area contributed by atoms with Crippen LogP contribution in [0.1, 0.15) is 62.2 Å². The maximum absolute atomic E-state index is 13.1. The highest BCUT2D eigenvalue weighted by Gasteiger charge is 2.25. The molecule has 2 aliphatic rings. The number of anilines is 1. The number of likely N-dealkylation sites (tertiary alicyclic amines) is 1. The fourth-order valence-electron chi connectivity index (χ4n) is 4.07. The fourth-order valence-corrected chi connectivity index (χ4v) is 4.07. The number of nitrogens with one attached hydrogen (secondary N) is 1. The molecule has 150 valence electrons. The van der Waals surface area contributed by atoms with Crippen molar-refractivity contribution in [2.45, 2.75) is 53.4 Å². The summed E-state index contributed by atoms with van der Waals surface area (Å²) in [6.07, 6.45) is 4.18. The second-order valence-electron chi connectivity index (χ2n) is 8.96. The summed E-state index contributed by atoms with van der Waals surface area (Å²) in [5, 5.41) is 3.46. The molecule has 0 spiro atoms. The number of nitrogens with zero attached hydrogens (tertiary/aromatic N) is 3. The molecule has 3 rings (SSSR count). The van der Waals surface area contributed by atoms with Crippen LogP contribution in [-0.4, -0.2) is 60.0 Å². The van der Waals surface area contributed by atoms with Gasteiger partial charge in [-0.05, 0) is 42.7 Å². The summed E-state index contributed by atoms with van der Waals surface area (Å²) in [5.41, 5.74) is 3.21. The van der Waals surface area contributed by atoms with Gasteiger partial charge in [0.25, 0.3) is 5.91 Å². The Labute approximate surface area is 164 Å². The lowest BCUT2D eigenvalue weighted by atomic mass is 10.0. The van der Waals surface area contributed by atoms with Gasteiger partial charge in [-0.25, -0.2) is 4.98 Å². The largest absolute Gasteiger partial charge is 0.369 e. The van der Waals surface area contributed by atoms with Gasteiger partial charge in [0.2, 0.25) is 0 Å². The number of carbonyl (C=O) groups excluding carboxylic acids is 1. The first-order valence-electron chi connectivity index (χ1n) is 10.7. The third-order valence-electron chi connectivity index (χ3n) is 5.48. The summed E-state index contributed by atoms with van der Waals surface area (Å²) in [4.78, 5) is 22.6. The highest BCUT2D eigenvalue weighted by molar-refractivity contribution is 5.99. The quantitative estimate of drug-likeness (QED) is 0.831. The highest BCUT2D eigenvalue weighted by atomic mass is 16.2. The molecule has 1 saturated heterocycles. The molecule has 0 bridgehead atoms. The molecule has 1 fully saturated rings. The molecule has 3 heterocycles. The predicted octanol–water partition coefficient (Wildman–Crippen LogP) is 3.44. The van der Waals surface area contributed by atoms with Crippen LogP contribution >= 0.6 is 0 Å². The lowest BCUT2D eigenvalue weighted by Gasteiger charge is -2.21. The number of fused-ring (bicyclic) bond motifs is 1. The van der Waals surface area contributed by atoms with Crippen LogP contribution in [0.3, 0.4) is 0 Å². The minimum absolute atomic E-state index is 0.150. The van der Waals surface area contributed by atoms with E-state index in [2.05, 4.69) is 44.0 Å². The van der Waals surface area contributed by atoms with Crippen LogP contribution in [0.25, 0.3) is 0 Å². The SMILES string of the molecule is CC(C)CNc1nc2c(cc1C(=O)N1CCCC1)CCN(CC(C)C)CC2. The molecule has 0 unspecified atom stereocenters. The first-order chi connectivity index (χ1) is 12.9. The molecule has 0 radical (unpaired) electrons. The van der Waals surface area contributed by atoms with Crippen molar-refractivity contribution in [3.8, 4) is 0 Å². The molecule has 0 atom stereocenters. The molecule has 1 N–H and O–H groups in total. The Kier molecular flexibility index (Phi) is 6.74. The van der Waals surface area contributed by atoms with E-state index in [1.165, 1.54) is 11.3 Å². The van der Waals surface area contributed by atoms with Gasteiger partial charge < -0.3 is 15.1 Å². The first kappa shape index (κ1) is 20.1. The van der Waals surface area contributed by atoms with Crippen LogP contribution in [0.15, 0.2) is 6.07 Å². The molecular formula is C22H36N4O. The average Bonchev–Trinajstić information content (AvgIpc) is 3.09. The zero-order valence-electron chi connectivity index (χ0n) is 17.6. The van der Waals surface area contributed by atoms with Crippen molar-refractivity contribution in [3.05, 3.63) is 22.9 Å². The summed E-state index contributed by atoms with van der Waals surface area (Å²) < 4.78 is 0. The second-order valence-corrected chi connectivity index (χ2v) is 8.96. The van der Waals surface area contributed by atoms with Crippen LogP contribution < -0.4 is 5.32 Å². The monoisotopic (exact) mass is 372 g/mol. The molecule has 5 nitrogen and oxygen atoms in total. The van der Waals surface area contributed by atoms with Crippen molar-refractivity contribution in [1.29, 1.82) is 0 Å². The zero-order chi connectivity index (χ0) is 19.4. The Morgan fingerprint density at radius 3 is 2.44 bits per heavy atom. The molecule has 27 heavy (non-hydrogen) atoms. The molecule has 0 aliphatic carbocycles. The van der Waals surface area contributed by atoms with Gasteiger partial charge in [0.1, 0.15) is 5.82 Å². The van der Waals surface area contributed by atoms with Gasteiger partial charge in [0, 0.05) is 51.4 Å². The van der Waals surface area contributed by atoms with Crippen LogP contribution in [0, 0.1) is 11.8 Å². The highest BCUT2D eigenvalue weighted by Crippen LogP contribution is 2.25. The molecule has 1 amide bonds. The van der Waals surface area contributed by atoms with E-state index < -0.39 is 0 Å². The first-order valence-corrected chi connectivity index (χ1v) is 10.7. The van der Waals surface area contributed by atoms with Crippen LogP contribution in [0.4, 0.5) is 5.82 Å².